The molecule has 0 spiro atoms. The van der Waals surface area contributed by atoms with Crippen LogP contribution in [0.5, 0.6) is 0 Å². The van der Waals surface area contributed by atoms with Crippen LogP contribution in [0, 0.1) is 11.6 Å². The second kappa shape index (κ2) is 20.2. The Labute approximate surface area is 311 Å². The average Bonchev–Trinajstić information content (AvgIpc) is 3.73. The molecule has 0 aromatic heterocycles. The first-order valence-electron chi connectivity index (χ1n) is 15.5. The van der Waals surface area contributed by atoms with Gasteiger partial charge in [-0.15, -0.1) is 0 Å². The molecule has 266 valence electrons. The molecule has 0 bridgehead atoms. The fraction of sp³-hybridized carbons (Fsp3) is 0.179. The topological polar surface area (TPSA) is 103 Å². The molecular formula is C39H37Cl3F2N4O3. The van der Waals surface area contributed by atoms with E-state index < -0.39 is 23.4 Å². The van der Waals surface area contributed by atoms with Crippen molar-refractivity contribution in [2.75, 3.05) is 17.2 Å². The van der Waals surface area contributed by atoms with Crippen molar-refractivity contribution in [1.29, 1.82) is 0 Å². The van der Waals surface area contributed by atoms with Gasteiger partial charge in [0, 0.05) is 43.0 Å². The van der Waals surface area contributed by atoms with Gasteiger partial charge in [-0.25, -0.2) is 8.78 Å². The van der Waals surface area contributed by atoms with Gasteiger partial charge >= 0.3 is 0 Å². The molecule has 2 amide bonds. The molecule has 6 rings (SSSR count). The lowest BCUT2D eigenvalue weighted by molar-refractivity contribution is -0.111. The van der Waals surface area contributed by atoms with Crippen LogP contribution in [0.25, 0.3) is 0 Å². The van der Waals surface area contributed by atoms with Gasteiger partial charge < -0.3 is 15.7 Å². The lowest BCUT2D eigenvalue weighted by atomic mass is 10.1. The summed E-state index contributed by atoms with van der Waals surface area (Å²) in [6, 6.07) is 28.5. The van der Waals surface area contributed by atoms with E-state index in [9.17, 15) is 18.4 Å². The van der Waals surface area contributed by atoms with Crippen molar-refractivity contribution in [2.24, 2.45) is 9.98 Å². The molecule has 0 aliphatic carbocycles. The quantitative estimate of drug-likeness (QED) is 0.167. The summed E-state index contributed by atoms with van der Waals surface area (Å²) in [4.78, 5) is 33.1. The van der Waals surface area contributed by atoms with E-state index in [4.69, 9.17) is 39.9 Å². The van der Waals surface area contributed by atoms with E-state index in [1.165, 1.54) is 24.3 Å². The number of nitrogens with one attached hydrogen (secondary N) is 2. The molecule has 0 unspecified atom stereocenters. The van der Waals surface area contributed by atoms with Gasteiger partial charge in [0.2, 0.25) is 0 Å². The molecular weight excluding hydrogens is 717 g/mol. The van der Waals surface area contributed by atoms with Crippen molar-refractivity contribution in [3.05, 3.63) is 152 Å². The van der Waals surface area contributed by atoms with Crippen molar-refractivity contribution in [3.63, 3.8) is 0 Å². The third-order valence-electron chi connectivity index (χ3n) is 7.08. The van der Waals surface area contributed by atoms with Crippen LogP contribution in [0.15, 0.2) is 130 Å². The number of anilines is 2. The van der Waals surface area contributed by atoms with Crippen molar-refractivity contribution >= 4 is 69.4 Å². The molecule has 2 heterocycles. The first-order chi connectivity index (χ1) is 24.1. The molecule has 4 aromatic rings. The van der Waals surface area contributed by atoms with E-state index in [1.54, 1.807) is 19.1 Å². The van der Waals surface area contributed by atoms with Gasteiger partial charge in [0.15, 0.2) is 11.6 Å². The maximum Gasteiger partial charge on any atom is 0.270 e. The number of allylic oxidation sites excluding steroid dienone is 4. The van der Waals surface area contributed by atoms with Crippen LogP contribution in [0.3, 0.4) is 0 Å². The number of carbonyl (C=O) groups is 2. The van der Waals surface area contributed by atoms with Crippen molar-refractivity contribution in [1.82, 2.24) is 0 Å². The Morgan fingerprint density at radius 2 is 1.18 bits per heavy atom. The second-order valence-electron chi connectivity index (χ2n) is 10.8. The summed E-state index contributed by atoms with van der Waals surface area (Å²) in [6.45, 7) is 1.93. The largest absolute Gasteiger partial charge is 0.397 e. The fourth-order valence-electron chi connectivity index (χ4n) is 4.70. The molecule has 2 aliphatic heterocycles. The zero-order valence-corrected chi connectivity index (χ0v) is 29.2. The lowest BCUT2D eigenvalue weighted by Gasteiger charge is -2.06. The number of benzene rings is 4. The Balaban J connectivity index is 0.000000251. The average molecular weight is 754 g/mol. The summed E-state index contributed by atoms with van der Waals surface area (Å²) in [7, 11) is 0. The van der Waals surface area contributed by atoms with Gasteiger partial charge in [0.1, 0.15) is 11.4 Å². The monoisotopic (exact) mass is 752 g/mol. The van der Waals surface area contributed by atoms with E-state index in [2.05, 4.69) is 20.6 Å². The second-order valence-corrected chi connectivity index (χ2v) is 12.1. The first kappa shape index (κ1) is 40.8. The minimum atomic E-state index is -0.672. The zero-order chi connectivity index (χ0) is 36.0. The molecule has 0 saturated carbocycles. The van der Waals surface area contributed by atoms with E-state index >= 15 is 0 Å². The van der Waals surface area contributed by atoms with E-state index in [0.29, 0.717) is 35.7 Å². The number of carbonyl (C=O) groups excluding carboxylic acids is 2. The SMILES string of the molecule is C.CCO.O=C(Nc1cccc(Cl)c1F)C1=NC(Cc2ccccc2)=C(Cl)C1.O=C(Nc1cccc(Cl)c1F)C1=NC(Cc2ccccc2)=CC1. The number of amides is 2. The number of hydrogen-bond acceptors (Lipinski definition) is 5. The molecule has 0 saturated heterocycles. The highest BCUT2D eigenvalue weighted by Gasteiger charge is 2.23. The summed E-state index contributed by atoms with van der Waals surface area (Å²) in [5, 5.41) is 13.0. The minimum absolute atomic E-state index is 0. The van der Waals surface area contributed by atoms with E-state index in [0.717, 1.165) is 16.8 Å². The Morgan fingerprint density at radius 1 is 0.706 bits per heavy atom. The molecule has 0 fully saturated rings. The predicted molar refractivity (Wildman–Crippen MR) is 205 cm³/mol. The van der Waals surface area contributed by atoms with Gasteiger partial charge in [-0.2, -0.15) is 0 Å². The van der Waals surface area contributed by atoms with E-state index in [-0.39, 0.29) is 47.6 Å². The zero-order valence-electron chi connectivity index (χ0n) is 26.9. The molecule has 2 aliphatic rings. The molecule has 0 radical (unpaired) electrons. The summed E-state index contributed by atoms with van der Waals surface area (Å²) in [5.74, 6) is -2.21. The van der Waals surface area contributed by atoms with Crippen molar-refractivity contribution in [2.45, 2.75) is 40.0 Å². The Bertz CT molecular complexity index is 1950. The highest BCUT2D eigenvalue weighted by Crippen LogP contribution is 2.28. The minimum Gasteiger partial charge on any atom is -0.397 e. The maximum absolute atomic E-state index is 13.9. The highest BCUT2D eigenvalue weighted by molar-refractivity contribution is 6.47. The Morgan fingerprint density at radius 3 is 1.69 bits per heavy atom. The smallest absolute Gasteiger partial charge is 0.270 e. The number of rotatable bonds is 8. The molecule has 12 heteroatoms. The number of hydrogen-bond donors (Lipinski definition) is 3. The van der Waals surface area contributed by atoms with Crippen molar-refractivity contribution < 1.29 is 23.5 Å². The van der Waals surface area contributed by atoms with Gasteiger partial charge in [0.25, 0.3) is 11.8 Å². The molecule has 51 heavy (non-hydrogen) atoms. The van der Waals surface area contributed by atoms with Crippen LogP contribution < -0.4 is 10.6 Å². The number of aliphatic hydroxyl groups is 1. The predicted octanol–water partition coefficient (Wildman–Crippen LogP) is 9.98. The van der Waals surface area contributed by atoms with Crippen LogP contribution in [-0.4, -0.2) is 35.0 Å². The van der Waals surface area contributed by atoms with Gasteiger partial charge in [-0.3, -0.25) is 19.6 Å². The number of halogens is 5. The third kappa shape index (κ3) is 12.0. The highest BCUT2D eigenvalue weighted by atomic mass is 35.5. The normalized spacial score (nSPS) is 13.0. The summed E-state index contributed by atoms with van der Waals surface area (Å²) < 4.78 is 27.7. The van der Waals surface area contributed by atoms with Gasteiger partial charge in [-0.1, -0.05) is 121 Å². The fourth-order valence-corrected chi connectivity index (χ4v) is 5.28. The summed E-state index contributed by atoms with van der Waals surface area (Å²) in [6.07, 6.45) is 3.80. The standard InChI is InChI=1S/C18H13Cl2FN2O.C18H14ClFN2O.C2H6O.CH4/c19-12-7-4-8-14(17(12)21)23-18(24)16-10-13(20)15(22-16)9-11-5-2-1-3-6-11;19-14-7-4-8-15(17(14)20)22-18(23)16-10-9-13(21-16)11-12-5-2-1-3-6-12;1-2-3;/h1-8H,9-10H2,(H,23,24);1-9H,10-11H2,(H,22,23);3H,2H2,1H3;1H4. The number of aliphatic imine (C=N–C) groups is 2. The lowest BCUT2D eigenvalue weighted by Crippen LogP contribution is -2.22. The van der Waals surface area contributed by atoms with Crippen LogP contribution >= 0.6 is 34.8 Å². The van der Waals surface area contributed by atoms with Gasteiger partial charge in [0.05, 0.1) is 27.1 Å². The summed E-state index contributed by atoms with van der Waals surface area (Å²) >= 11 is 17.6. The van der Waals surface area contributed by atoms with Crippen molar-refractivity contribution in [3.8, 4) is 0 Å². The third-order valence-corrected chi connectivity index (χ3v) is 8.02. The van der Waals surface area contributed by atoms with Crippen LogP contribution in [-0.2, 0) is 22.4 Å². The van der Waals surface area contributed by atoms with Crippen LogP contribution in [0.4, 0.5) is 20.2 Å². The molecule has 0 atom stereocenters. The molecule has 4 aromatic carbocycles. The molecule has 3 N–H and O–H groups in total. The maximum atomic E-state index is 13.9. The van der Waals surface area contributed by atoms with E-state index in [1.807, 2.05) is 66.7 Å². The Hall–Kier alpha value is -4.67. The summed E-state index contributed by atoms with van der Waals surface area (Å²) in [5.41, 5.74) is 4.37. The van der Waals surface area contributed by atoms with Crippen LogP contribution in [0.2, 0.25) is 10.0 Å². The Kier molecular flexibility index (Phi) is 16.2. The number of nitrogens with zero attached hydrogens (tertiary/aromatic N) is 2. The van der Waals surface area contributed by atoms with Crippen LogP contribution in [0.1, 0.15) is 38.3 Å². The number of aliphatic hydroxyl groups excluding tert-OH is 1. The molecule has 7 nitrogen and oxygen atoms in total. The first-order valence-corrected chi connectivity index (χ1v) is 16.6. The van der Waals surface area contributed by atoms with Gasteiger partial charge in [-0.05, 0) is 42.3 Å².